The molecule has 0 saturated heterocycles. The molecule has 2 amide bonds. The normalized spacial score (nSPS) is 36.2. The van der Waals surface area contributed by atoms with Crippen molar-refractivity contribution in [1.82, 2.24) is 10.6 Å². The summed E-state index contributed by atoms with van der Waals surface area (Å²) in [4.78, 5) is 23.8. The predicted octanol–water partition coefficient (Wildman–Crippen LogP) is 2.60. The maximum atomic E-state index is 12.2. The number of hydrogen-bond donors (Lipinski definition) is 3. The van der Waals surface area contributed by atoms with Crippen molar-refractivity contribution in [3.63, 3.8) is 0 Å². The molecule has 2 fully saturated rings. The zero-order chi connectivity index (χ0) is 15.5. The third-order valence-electron chi connectivity index (χ3n) is 4.94. The molecule has 2 unspecified atom stereocenters. The van der Waals surface area contributed by atoms with Gasteiger partial charge in [-0.05, 0) is 57.1 Å². The van der Waals surface area contributed by atoms with Gasteiger partial charge in [-0.15, -0.1) is 0 Å². The lowest BCUT2D eigenvalue weighted by Crippen LogP contribution is -2.59. The second kappa shape index (κ2) is 6.90. The number of carboxylic acids is 1. The van der Waals surface area contributed by atoms with E-state index >= 15 is 0 Å². The minimum Gasteiger partial charge on any atom is -0.480 e. The van der Waals surface area contributed by atoms with Crippen LogP contribution in [0, 0.1) is 5.92 Å². The molecule has 3 N–H and O–H groups in total. The molecule has 21 heavy (non-hydrogen) atoms. The summed E-state index contributed by atoms with van der Waals surface area (Å²) in [5, 5.41) is 15.8. The van der Waals surface area contributed by atoms with Crippen molar-refractivity contribution >= 4 is 23.8 Å². The summed E-state index contributed by atoms with van der Waals surface area (Å²) >= 11 is 1.84. The average Bonchev–Trinajstić information content (AvgIpc) is 2.89. The van der Waals surface area contributed by atoms with Crippen LogP contribution in [0.2, 0.25) is 0 Å². The zero-order valence-corrected chi connectivity index (χ0v) is 13.7. The molecule has 6 heteroatoms. The van der Waals surface area contributed by atoms with Crippen LogP contribution >= 0.6 is 11.8 Å². The molecule has 5 nitrogen and oxygen atoms in total. The first-order chi connectivity index (χ1) is 9.95. The molecule has 0 aromatic rings. The van der Waals surface area contributed by atoms with E-state index in [9.17, 15) is 14.7 Å². The quantitative estimate of drug-likeness (QED) is 0.745. The average molecular weight is 314 g/mol. The van der Waals surface area contributed by atoms with Gasteiger partial charge in [0.25, 0.3) is 0 Å². The molecule has 0 aromatic carbocycles. The molecule has 0 heterocycles. The predicted molar refractivity (Wildman–Crippen MR) is 84.6 cm³/mol. The van der Waals surface area contributed by atoms with Gasteiger partial charge in [0.15, 0.2) is 0 Å². The van der Waals surface area contributed by atoms with Crippen molar-refractivity contribution in [3.05, 3.63) is 0 Å². The van der Waals surface area contributed by atoms with Gasteiger partial charge in [-0.25, -0.2) is 9.59 Å². The number of aliphatic carboxylic acids is 1. The largest absolute Gasteiger partial charge is 0.480 e. The van der Waals surface area contributed by atoms with Crippen molar-refractivity contribution in [2.24, 2.45) is 5.92 Å². The van der Waals surface area contributed by atoms with E-state index in [1.807, 2.05) is 11.8 Å². The van der Waals surface area contributed by atoms with E-state index in [1.165, 1.54) is 0 Å². The Hall–Kier alpha value is -0.910. The van der Waals surface area contributed by atoms with E-state index in [4.69, 9.17) is 0 Å². The van der Waals surface area contributed by atoms with Gasteiger partial charge in [0, 0.05) is 11.3 Å². The van der Waals surface area contributed by atoms with E-state index in [-0.39, 0.29) is 12.1 Å². The molecular weight excluding hydrogens is 288 g/mol. The molecule has 2 atom stereocenters. The molecule has 0 aromatic heterocycles. The fourth-order valence-corrected chi connectivity index (χ4v) is 4.17. The maximum absolute atomic E-state index is 12.2. The van der Waals surface area contributed by atoms with E-state index in [2.05, 4.69) is 23.8 Å². The third-order valence-corrected chi connectivity index (χ3v) is 6.04. The first-order valence-electron chi connectivity index (χ1n) is 7.80. The Balaban J connectivity index is 1.89. The monoisotopic (exact) mass is 314 g/mol. The summed E-state index contributed by atoms with van der Waals surface area (Å²) in [6.45, 7) is 2.13. The number of amides is 2. The van der Waals surface area contributed by atoms with E-state index < -0.39 is 11.5 Å². The molecule has 0 radical (unpaired) electrons. The summed E-state index contributed by atoms with van der Waals surface area (Å²) in [6, 6.07) is -0.144. The van der Waals surface area contributed by atoms with Gasteiger partial charge in [0.05, 0.1) is 0 Å². The summed E-state index contributed by atoms with van der Waals surface area (Å²) < 4.78 is 0. The van der Waals surface area contributed by atoms with Crippen molar-refractivity contribution in [2.45, 2.75) is 68.7 Å². The number of thioether (sulfide) groups is 1. The van der Waals surface area contributed by atoms with E-state index in [1.54, 1.807) is 0 Å². The number of carboxylic acid groups (broad SMARTS) is 1. The molecule has 0 spiro atoms. The highest BCUT2D eigenvalue weighted by Crippen LogP contribution is 2.32. The highest BCUT2D eigenvalue weighted by Gasteiger charge is 2.42. The standard InChI is InChI=1S/C15H26N2O3S/c1-10-5-7-15(8-6-10,13(18)19)17-14(20)16-11-3-4-12(9-11)21-2/h10-12H,3-9H2,1-2H3,(H,18,19)(H2,16,17,20). The van der Waals surface area contributed by atoms with Crippen LogP contribution in [0.15, 0.2) is 0 Å². The van der Waals surface area contributed by atoms with Gasteiger partial charge in [-0.2, -0.15) is 11.8 Å². The van der Waals surface area contributed by atoms with Crippen molar-refractivity contribution in [2.75, 3.05) is 6.26 Å². The number of rotatable bonds is 4. The molecule has 2 aliphatic carbocycles. The van der Waals surface area contributed by atoms with Gasteiger partial charge in [-0.1, -0.05) is 6.92 Å². The van der Waals surface area contributed by atoms with Crippen LogP contribution in [-0.2, 0) is 4.79 Å². The van der Waals surface area contributed by atoms with Crippen LogP contribution in [0.4, 0.5) is 4.79 Å². The molecule has 2 aliphatic rings. The Morgan fingerprint density at radius 2 is 1.86 bits per heavy atom. The van der Waals surface area contributed by atoms with Crippen LogP contribution in [0.1, 0.15) is 51.9 Å². The SMILES string of the molecule is CSC1CCC(NC(=O)NC2(C(=O)O)CCC(C)CC2)C1. The van der Waals surface area contributed by atoms with Gasteiger partial charge < -0.3 is 15.7 Å². The first kappa shape index (κ1) is 16.5. The molecule has 2 rings (SSSR count). The minimum atomic E-state index is -1.08. The summed E-state index contributed by atoms with van der Waals surface area (Å²) in [6.07, 6.45) is 7.92. The number of carbonyl (C=O) groups is 2. The lowest BCUT2D eigenvalue weighted by molar-refractivity contribution is -0.146. The molecule has 0 bridgehead atoms. The number of hydrogen-bond acceptors (Lipinski definition) is 3. The Morgan fingerprint density at radius 3 is 2.38 bits per heavy atom. The Morgan fingerprint density at radius 1 is 1.19 bits per heavy atom. The van der Waals surface area contributed by atoms with Crippen LogP contribution in [0.3, 0.4) is 0 Å². The van der Waals surface area contributed by atoms with Gasteiger partial charge >= 0.3 is 12.0 Å². The number of urea groups is 1. The summed E-state index contributed by atoms with van der Waals surface area (Å²) in [5.74, 6) is -0.363. The van der Waals surface area contributed by atoms with E-state index in [0.717, 1.165) is 32.1 Å². The van der Waals surface area contributed by atoms with Crippen LogP contribution in [0.5, 0.6) is 0 Å². The van der Waals surface area contributed by atoms with Crippen LogP contribution in [-0.4, -0.2) is 40.2 Å². The maximum Gasteiger partial charge on any atom is 0.329 e. The summed E-state index contributed by atoms with van der Waals surface area (Å²) in [7, 11) is 0. The van der Waals surface area contributed by atoms with Crippen LogP contribution in [0.25, 0.3) is 0 Å². The van der Waals surface area contributed by atoms with Crippen LogP contribution < -0.4 is 10.6 Å². The fourth-order valence-electron chi connectivity index (χ4n) is 3.37. The molecule has 120 valence electrons. The highest BCUT2D eigenvalue weighted by atomic mass is 32.2. The molecule has 2 saturated carbocycles. The second-order valence-electron chi connectivity index (χ2n) is 6.54. The van der Waals surface area contributed by atoms with E-state index in [0.29, 0.717) is 24.0 Å². The Kier molecular flexibility index (Phi) is 5.41. The smallest absolute Gasteiger partial charge is 0.329 e. The third kappa shape index (κ3) is 4.05. The first-order valence-corrected chi connectivity index (χ1v) is 9.09. The fraction of sp³-hybridized carbons (Fsp3) is 0.867. The molecular formula is C15H26N2O3S. The topological polar surface area (TPSA) is 78.4 Å². The second-order valence-corrected chi connectivity index (χ2v) is 7.67. The van der Waals surface area contributed by atoms with Gasteiger partial charge in [0.1, 0.15) is 5.54 Å². The Bertz CT molecular complexity index is 394. The van der Waals surface area contributed by atoms with Gasteiger partial charge in [-0.3, -0.25) is 0 Å². The Labute approximate surface area is 130 Å². The highest BCUT2D eigenvalue weighted by molar-refractivity contribution is 7.99. The van der Waals surface area contributed by atoms with Crippen molar-refractivity contribution < 1.29 is 14.7 Å². The minimum absolute atomic E-state index is 0.177. The molecule has 0 aliphatic heterocycles. The van der Waals surface area contributed by atoms with Gasteiger partial charge in [0.2, 0.25) is 0 Å². The van der Waals surface area contributed by atoms with Crippen molar-refractivity contribution in [1.29, 1.82) is 0 Å². The number of carbonyl (C=O) groups excluding carboxylic acids is 1. The lowest BCUT2D eigenvalue weighted by Gasteiger charge is -2.36. The lowest BCUT2D eigenvalue weighted by atomic mass is 9.77. The number of nitrogens with one attached hydrogen (secondary N) is 2. The zero-order valence-electron chi connectivity index (χ0n) is 12.9. The van der Waals surface area contributed by atoms with Crippen molar-refractivity contribution in [3.8, 4) is 0 Å². The summed E-state index contributed by atoms with van der Waals surface area (Å²) in [5.41, 5.74) is -1.08.